The molecule has 5 aromatic rings. The average molecular weight is 387 g/mol. The number of aromatic nitrogens is 4. The summed E-state index contributed by atoms with van der Waals surface area (Å²) in [7, 11) is 0. The van der Waals surface area contributed by atoms with E-state index in [9.17, 15) is 4.79 Å². The molecule has 0 spiro atoms. The summed E-state index contributed by atoms with van der Waals surface area (Å²) in [5, 5.41) is 8.35. The van der Waals surface area contributed by atoms with Crippen LogP contribution in [0.4, 0.5) is 5.69 Å². The summed E-state index contributed by atoms with van der Waals surface area (Å²) in [5.74, 6) is 0.554. The van der Waals surface area contributed by atoms with E-state index in [-0.39, 0.29) is 5.56 Å². The second-order valence-corrected chi connectivity index (χ2v) is 7.43. The van der Waals surface area contributed by atoms with Crippen LogP contribution in [0.3, 0.4) is 0 Å². The molecule has 0 amide bonds. The van der Waals surface area contributed by atoms with Gasteiger partial charge < -0.3 is 15.3 Å². The Labute approximate surface area is 164 Å². The normalized spacial score (nSPS) is 11.3. The molecular formula is C21H17N5OS. The second kappa shape index (κ2) is 6.61. The summed E-state index contributed by atoms with van der Waals surface area (Å²) < 4.78 is 0. The molecule has 0 fully saturated rings. The Morgan fingerprint density at radius 3 is 2.89 bits per heavy atom. The number of aromatic amines is 2. The van der Waals surface area contributed by atoms with Gasteiger partial charge in [-0.2, -0.15) is 0 Å². The van der Waals surface area contributed by atoms with Gasteiger partial charge in [0.05, 0.1) is 34.5 Å². The minimum Gasteiger partial charge on any atom is -0.378 e. The standard InChI is InChI=1S/C21H17N5OS/c1-12-5-6-15-16(8-12)25-20(24-15)18-19(23-9-13-4-2-3-7-22-13)14-10-28-11-17(14)26-21(18)27/h2-8,10-11,23H,9H2,1H3,(H,24,25)(H,26,27). The topological polar surface area (TPSA) is 86.5 Å². The number of imidazole rings is 1. The number of nitrogens with one attached hydrogen (secondary N) is 3. The van der Waals surface area contributed by atoms with Gasteiger partial charge in [0.15, 0.2) is 0 Å². The van der Waals surface area contributed by atoms with E-state index >= 15 is 0 Å². The van der Waals surface area contributed by atoms with Crippen LogP contribution in [-0.2, 0) is 6.54 Å². The highest BCUT2D eigenvalue weighted by molar-refractivity contribution is 7.09. The maximum absolute atomic E-state index is 12.9. The highest BCUT2D eigenvalue weighted by Crippen LogP contribution is 2.32. The number of nitrogens with zero attached hydrogens (tertiary/aromatic N) is 2. The number of pyridine rings is 2. The maximum Gasteiger partial charge on any atom is 0.261 e. The van der Waals surface area contributed by atoms with Gasteiger partial charge in [0.25, 0.3) is 5.56 Å². The molecule has 6 nitrogen and oxygen atoms in total. The van der Waals surface area contributed by atoms with Gasteiger partial charge in [-0.1, -0.05) is 12.1 Å². The lowest BCUT2D eigenvalue weighted by molar-refractivity contribution is 1.05. The molecule has 0 atom stereocenters. The van der Waals surface area contributed by atoms with E-state index in [2.05, 4.69) is 25.3 Å². The molecule has 0 saturated heterocycles. The van der Waals surface area contributed by atoms with E-state index in [4.69, 9.17) is 0 Å². The van der Waals surface area contributed by atoms with Gasteiger partial charge in [0.1, 0.15) is 11.4 Å². The number of thiophene rings is 1. The largest absolute Gasteiger partial charge is 0.378 e. The fourth-order valence-corrected chi connectivity index (χ4v) is 4.12. The minimum atomic E-state index is -0.176. The fraction of sp³-hybridized carbons (Fsp3) is 0.0952. The van der Waals surface area contributed by atoms with Gasteiger partial charge in [-0.25, -0.2) is 4.98 Å². The summed E-state index contributed by atoms with van der Waals surface area (Å²) in [6.07, 6.45) is 1.76. The highest BCUT2D eigenvalue weighted by atomic mass is 32.1. The van der Waals surface area contributed by atoms with Crippen LogP contribution >= 0.6 is 11.3 Å². The molecule has 7 heteroatoms. The van der Waals surface area contributed by atoms with Crippen molar-refractivity contribution < 1.29 is 0 Å². The van der Waals surface area contributed by atoms with Crippen molar-refractivity contribution in [3.8, 4) is 11.4 Å². The predicted octanol–water partition coefficient (Wildman–Crippen LogP) is 4.45. The van der Waals surface area contributed by atoms with Gasteiger partial charge in [-0.3, -0.25) is 9.78 Å². The number of fused-ring (bicyclic) bond motifs is 2. The van der Waals surface area contributed by atoms with E-state index in [1.54, 1.807) is 17.5 Å². The van der Waals surface area contributed by atoms with Crippen molar-refractivity contribution in [2.45, 2.75) is 13.5 Å². The quantitative estimate of drug-likeness (QED) is 0.425. The summed E-state index contributed by atoms with van der Waals surface area (Å²) >= 11 is 1.55. The van der Waals surface area contributed by atoms with Crippen molar-refractivity contribution in [2.24, 2.45) is 0 Å². The maximum atomic E-state index is 12.9. The molecule has 4 heterocycles. The first-order valence-corrected chi connectivity index (χ1v) is 9.86. The SMILES string of the molecule is Cc1ccc2nc(-c3c(NCc4ccccn4)c4cscc4[nH]c3=O)[nH]c2c1. The number of aryl methyl sites for hydroxylation is 1. The van der Waals surface area contributed by atoms with Crippen molar-refractivity contribution in [1.82, 2.24) is 19.9 Å². The smallest absolute Gasteiger partial charge is 0.261 e. The first-order chi connectivity index (χ1) is 13.7. The van der Waals surface area contributed by atoms with Gasteiger partial charge >= 0.3 is 0 Å². The van der Waals surface area contributed by atoms with Crippen molar-refractivity contribution in [2.75, 3.05) is 5.32 Å². The Bertz CT molecular complexity index is 1350. The summed E-state index contributed by atoms with van der Waals surface area (Å²) in [5.41, 5.74) is 5.70. The molecule has 28 heavy (non-hydrogen) atoms. The van der Waals surface area contributed by atoms with Crippen LogP contribution in [-0.4, -0.2) is 19.9 Å². The summed E-state index contributed by atoms with van der Waals surface area (Å²) in [6, 6.07) is 11.8. The molecule has 0 saturated carbocycles. The van der Waals surface area contributed by atoms with E-state index in [1.807, 2.05) is 54.1 Å². The number of hydrogen-bond donors (Lipinski definition) is 3. The Kier molecular flexibility index (Phi) is 3.95. The van der Waals surface area contributed by atoms with E-state index in [1.165, 1.54) is 0 Å². The van der Waals surface area contributed by atoms with Crippen LogP contribution in [0, 0.1) is 6.92 Å². The van der Waals surface area contributed by atoms with Gasteiger partial charge in [0, 0.05) is 22.3 Å². The van der Waals surface area contributed by atoms with Gasteiger partial charge in [-0.05, 0) is 36.8 Å². The van der Waals surface area contributed by atoms with E-state index in [0.29, 0.717) is 17.9 Å². The molecule has 4 aromatic heterocycles. The zero-order valence-corrected chi connectivity index (χ0v) is 15.9. The monoisotopic (exact) mass is 387 g/mol. The van der Waals surface area contributed by atoms with E-state index < -0.39 is 0 Å². The van der Waals surface area contributed by atoms with Gasteiger partial charge in [-0.15, -0.1) is 11.3 Å². The molecule has 0 aliphatic heterocycles. The number of anilines is 1. The number of benzene rings is 1. The van der Waals surface area contributed by atoms with Crippen LogP contribution in [0.5, 0.6) is 0 Å². The van der Waals surface area contributed by atoms with Crippen LogP contribution in [0.25, 0.3) is 33.3 Å². The van der Waals surface area contributed by atoms with Gasteiger partial charge in [0.2, 0.25) is 0 Å². The molecular weight excluding hydrogens is 370 g/mol. The Balaban J connectivity index is 1.68. The lowest BCUT2D eigenvalue weighted by Gasteiger charge is -2.11. The van der Waals surface area contributed by atoms with Crippen molar-refractivity contribution >= 4 is 39.0 Å². The lowest BCUT2D eigenvalue weighted by atomic mass is 10.1. The molecule has 138 valence electrons. The third kappa shape index (κ3) is 2.86. The number of H-pyrrole nitrogens is 2. The number of rotatable bonds is 4. The first-order valence-electron chi connectivity index (χ1n) is 8.92. The molecule has 0 radical (unpaired) electrons. The Morgan fingerprint density at radius 1 is 1.11 bits per heavy atom. The van der Waals surface area contributed by atoms with Crippen LogP contribution in [0.2, 0.25) is 0 Å². The minimum absolute atomic E-state index is 0.176. The van der Waals surface area contributed by atoms with E-state index in [0.717, 1.165) is 38.9 Å². The molecule has 0 bridgehead atoms. The molecule has 3 N–H and O–H groups in total. The zero-order valence-electron chi connectivity index (χ0n) is 15.1. The zero-order chi connectivity index (χ0) is 19.1. The third-order valence-electron chi connectivity index (χ3n) is 4.70. The van der Waals surface area contributed by atoms with Crippen molar-refractivity contribution in [3.63, 3.8) is 0 Å². The van der Waals surface area contributed by atoms with Crippen molar-refractivity contribution in [3.05, 3.63) is 75.0 Å². The molecule has 1 aromatic carbocycles. The average Bonchev–Trinajstić information content (AvgIpc) is 3.32. The third-order valence-corrected chi connectivity index (χ3v) is 5.45. The predicted molar refractivity (Wildman–Crippen MR) is 114 cm³/mol. The first kappa shape index (κ1) is 16.7. The summed E-state index contributed by atoms with van der Waals surface area (Å²) in [4.78, 5) is 28.2. The molecule has 0 aliphatic carbocycles. The van der Waals surface area contributed by atoms with Crippen LogP contribution in [0.15, 0.2) is 58.1 Å². The van der Waals surface area contributed by atoms with Crippen molar-refractivity contribution in [1.29, 1.82) is 0 Å². The number of hydrogen-bond acceptors (Lipinski definition) is 5. The van der Waals surface area contributed by atoms with Crippen LogP contribution < -0.4 is 10.9 Å². The fourth-order valence-electron chi connectivity index (χ4n) is 3.35. The molecule has 0 aliphatic rings. The Morgan fingerprint density at radius 2 is 2.04 bits per heavy atom. The molecule has 0 unspecified atom stereocenters. The van der Waals surface area contributed by atoms with Crippen LogP contribution in [0.1, 0.15) is 11.3 Å². The summed E-state index contributed by atoms with van der Waals surface area (Å²) in [6.45, 7) is 2.55. The Hall–Kier alpha value is -3.45. The molecule has 5 rings (SSSR count). The highest BCUT2D eigenvalue weighted by Gasteiger charge is 2.18. The second-order valence-electron chi connectivity index (χ2n) is 6.68. The lowest BCUT2D eigenvalue weighted by Crippen LogP contribution is -2.14.